The van der Waals surface area contributed by atoms with Gasteiger partial charge in [-0.1, -0.05) is 12.1 Å². The summed E-state index contributed by atoms with van der Waals surface area (Å²) in [6.07, 6.45) is 6.13. The molecule has 1 aliphatic carbocycles. The molecule has 2 aliphatic heterocycles. The minimum Gasteiger partial charge on any atom is -0.370 e. The first-order valence-electron chi connectivity index (χ1n) is 17.7. The van der Waals surface area contributed by atoms with Crippen LogP contribution in [-0.2, 0) is 16.6 Å². The summed E-state index contributed by atoms with van der Waals surface area (Å²) in [5.41, 5.74) is 1.90. The Balaban J connectivity index is 0.944. The molecule has 7 rings (SSSR count). The zero-order valence-corrected chi connectivity index (χ0v) is 28.8. The lowest BCUT2D eigenvalue weighted by atomic mass is 9.85. The third-order valence-corrected chi connectivity index (χ3v) is 10.9. The minimum absolute atomic E-state index is 0.0131. The van der Waals surface area contributed by atoms with Crippen LogP contribution >= 0.6 is 0 Å². The van der Waals surface area contributed by atoms with Gasteiger partial charge < -0.3 is 15.1 Å². The van der Waals surface area contributed by atoms with Crippen LogP contribution in [0.5, 0.6) is 0 Å². The van der Waals surface area contributed by atoms with E-state index in [0.29, 0.717) is 23.9 Å². The molecule has 2 N–H and O–H groups in total. The van der Waals surface area contributed by atoms with Gasteiger partial charge >= 0.3 is 5.69 Å². The summed E-state index contributed by atoms with van der Waals surface area (Å²) >= 11 is 0. The van der Waals surface area contributed by atoms with E-state index in [-0.39, 0.29) is 35.4 Å². The van der Waals surface area contributed by atoms with Crippen LogP contribution in [0.2, 0.25) is 0 Å². The molecule has 1 aromatic carbocycles. The number of amides is 3. The Morgan fingerprint density at radius 1 is 1.02 bits per heavy atom. The fourth-order valence-electron chi connectivity index (χ4n) is 8.13. The van der Waals surface area contributed by atoms with Crippen LogP contribution in [0.25, 0.3) is 11.0 Å². The second-order valence-corrected chi connectivity index (χ2v) is 14.0. The third-order valence-electron chi connectivity index (χ3n) is 10.9. The second-order valence-electron chi connectivity index (χ2n) is 14.0. The highest BCUT2D eigenvalue weighted by molar-refractivity contribution is 6.03. The van der Waals surface area contributed by atoms with E-state index in [1.165, 1.54) is 23.0 Å². The fraction of sp³-hybridized carbons (Fsp3) is 0.500. The number of fused-ring (bicyclic) bond motifs is 1. The molecule has 3 aliphatic rings. The van der Waals surface area contributed by atoms with Crippen LogP contribution in [0.4, 0.5) is 20.2 Å². The number of rotatable bonds is 9. The van der Waals surface area contributed by atoms with Gasteiger partial charge in [-0.15, -0.1) is 0 Å². The number of imide groups is 1. The van der Waals surface area contributed by atoms with E-state index in [0.717, 1.165) is 69.4 Å². The van der Waals surface area contributed by atoms with Gasteiger partial charge in [0.05, 0.1) is 28.5 Å². The van der Waals surface area contributed by atoms with Gasteiger partial charge in [-0.3, -0.25) is 38.5 Å². The lowest BCUT2D eigenvalue weighted by Crippen LogP contribution is -2.45. The van der Waals surface area contributed by atoms with Gasteiger partial charge in [-0.05, 0) is 82.2 Å². The number of benzene rings is 1. The van der Waals surface area contributed by atoms with Gasteiger partial charge in [0, 0.05) is 51.5 Å². The molecule has 15 heteroatoms. The van der Waals surface area contributed by atoms with E-state index >= 15 is 0 Å². The van der Waals surface area contributed by atoms with Crippen molar-refractivity contribution in [3.63, 3.8) is 0 Å². The van der Waals surface area contributed by atoms with Crippen LogP contribution < -0.4 is 21.2 Å². The third kappa shape index (κ3) is 6.90. The number of hydrogen-bond acceptors (Lipinski definition) is 8. The summed E-state index contributed by atoms with van der Waals surface area (Å²) in [5, 5.41) is 9.14. The van der Waals surface area contributed by atoms with Gasteiger partial charge in [-0.2, -0.15) is 5.10 Å². The number of nitrogens with one attached hydrogen (secondary N) is 2. The molecule has 5 heterocycles. The summed E-state index contributed by atoms with van der Waals surface area (Å²) in [6, 6.07) is 10.4. The predicted molar refractivity (Wildman–Crippen MR) is 187 cm³/mol. The molecule has 3 aromatic heterocycles. The van der Waals surface area contributed by atoms with E-state index in [2.05, 4.69) is 37.6 Å². The molecular formula is C36H43F2N9O4. The van der Waals surface area contributed by atoms with Crippen LogP contribution in [0, 0.1) is 5.92 Å². The van der Waals surface area contributed by atoms with Gasteiger partial charge in [-0.25, -0.2) is 13.6 Å². The Hall–Kier alpha value is -4.92. The van der Waals surface area contributed by atoms with Gasteiger partial charge in [0.1, 0.15) is 11.7 Å². The summed E-state index contributed by atoms with van der Waals surface area (Å²) in [5.74, 6) is -0.832. The minimum atomic E-state index is -2.82. The molecular weight excluding hydrogens is 660 g/mol. The smallest absolute Gasteiger partial charge is 0.329 e. The highest BCUT2D eigenvalue weighted by Gasteiger charge is 2.33. The second kappa shape index (κ2) is 14.4. The van der Waals surface area contributed by atoms with Crippen LogP contribution in [0.1, 0.15) is 86.1 Å². The number of carbonyl (C=O) groups is 3. The molecule has 270 valence electrons. The fourth-order valence-corrected chi connectivity index (χ4v) is 8.13. The van der Waals surface area contributed by atoms with Crippen LogP contribution in [-0.4, -0.2) is 79.2 Å². The summed E-state index contributed by atoms with van der Waals surface area (Å²) in [4.78, 5) is 59.2. The molecule has 1 atom stereocenters. The number of halogens is 2. The standard InChI is InChI=1S/C36H43F2N9O4/c1-43(20-22-9-11-24(12-10-22)46-21-26(31(42-46)33(37)38)40-34(49)25-6-3-4-17-39-25)23-15-18-45(19-16-23)27-7-5-8-28-32(27)44(2)36(51)47(28)29-13-14-30(48)41-35(29)50/h3-8,17,21-24,29,33H,9-16,18-20H2,1-2H3,(H,40,49)(H,41,48,50). The Kier molecular flexibility index (Phi) is 9.73. The zero-order valence-electron chi connectivity index (χ0n) is 28.8. The van der Waals surface area contributed by atoms with Crippen molar-refractivity contribution in [2.24, 2.45) is 13.0 Å². The Morgan fingerprint density at radius 2 is 1.78 bits per heavy atom. The normalized spacial score (nSPS) is 21.8. The molecule has 0 spiro atoms. The van der Waals surface area contributed by atoms with Crippen molar-refractivity contribution in [1.82, 2.24) is 34.1 Å². The average molecular weight is 704 g/mol. The number of hydrogen-bond donors (Lipinski definition) is 2. The largest absolute Gasteiger partial charge is 0.370 e. The predicted octanol–water partition coefficient (Wildman–Crippen LogP) is 4.43. The molecule has 13 nitrogen and oxygen atoms in total. The highest BCUT2D eigenvalue weighted by atomic mass is 19.3. The summed E-state index contributed by atoms with van der Waals surface area (Å²) in [6.45, 7) is 2.59. The molecule has 1 saturated carbocycles. The van der Waals surface area contributed by atoms with Crippen molar-refractivity contribution in [2.75, 3.05) is 36.9 Å². The zero-order chi connectivity index (χ0) is 35.8. The maximum Gasteiger partial charge on any atom is 0.329 e. The number of nitrogens with zero attached hydrogens (tertiary/aromatic N) is 7. The topological polar surface area (TPSA) is 139 Å². The number of pyridine rings is 1. The molecule has 4 aromatic rings. The van der Waals surface area contributed by atoms with Crippen molar-refractivity contribution < 1.29 is 23.2 Å². The molecule has 2 saturated heterocycles. The number of aromatic nitrogens is 5. The molecule has 51 heavy (non-hydrogen) atoms. The summed E-state index contributed by atoms with van der Waals surface area (Å²) in [7, 11) is 3.91. The van der Waals surface area contributed by atoms with Gasteiger partial charge in [0.15, 0.2) is 5.69 Å². The van der Waals surface area contributed by atoms with Crippen LogP contribution in [0.3, 0.4) is 0 Å². The number of alkyl halides is 2. The number of piperidine rings is 2. The van der Waals surface area contributed by atoms with E-state index in [1.807, 2.05) is 18.2 Å². The van der Waals surface area contributed by atoms with E-state index < -0.39 is 30.0 Å². The van der Waals surface area contributed by atoms with Crippen molar-refractivity contribution in [2.45, 2.75) is 75.9 Å². The molecule has 0 bridgehead atoms. The lowest BCUT2D eigenvalue weighted by molar-refractivity contribution is -0.135. The van der Waals surface area contributed by atoms with Crippen molar-refractivity contribution in [3.05, 3.63) is 70.7 Å². The Labute approximate surface area is 293 Å². The number of imidazole rings is 1. The number of para-hydroxylation sites is 1. The molecule has 1 unspecified atom stereocenters. The molecule has 3 fully saturated rings. The Bertz CT molecular complexity index is 1970. The molecule has 3 amide bonds. The average Bonchev–Trinajstić information content (AvgIpc) is 3.67. The van der Waals surface area contributed by atoms with E-state index in [1.54, 1.807) is 28.4 Å². The first kappa shape index (κ1) is 34.5. The van der Waals surface area contributed by atoms with Crippen molar-refractivity contribution in [1.29, 1.82) is 0 Å². The lowest BCUT2D eigenvalue weighted by Gasteiger charge is -2.40. The Morgan fingerprint density at radius 3 is 2.47 bits per heavy atom. The number of carbonyl (C=O) groups excluding carboxylic acids is 3. The summed E-state index contributed by atoms with van der Waals surface area (Å²) < 4.78 is 32.5. The van der Waals surface area contributed by atoms with Gasteiger partial charge in [0.2, 0.25) is 11.8 Å². The number of anilines is 2. The SMILES string of the molecule is CN(CC1CCC(n2cc(NC(=O)c3ccccn3)c(C(F)F)n2)CC1)C1CCN(c2cccc3c2n(C)c(=O)n3C2CCC(=O)NC2=O)CC1. The first-order chi connectivity index (χ1) is 24.6. The maximum absolute atomic E-state index is 13.9. The van der Waals surface area contributed by atoms with E-state index in [9.17, 15) is 28.0 Å². The first-order valence-corrected chi connectivity index (χ1v) is 17.7. The molecule has 0 radical (unpaired) electrons. The number of aryl methyl sites for hydroxylation is 1. The van der Waals surface area contributed by atoms with Crippen molar-refractivity contribution >= 4 is 40.1 Å². The van der Waals surface area contributed by atoms with Gasteiger partial charge in [0.25, 0.3) is 12.3 Å². The maximum atomic E-state index is 13.9. The monoisotopic (exact) mass is 703 g/mol. The quantitative estimate of drug-likeness (QED) is 0.244. The van der Waals surface area contributed by atoms with Crippen LogP contribution in [0.15, 0.2) is 53.6 Å². The van der Waals surface area contributed by atoms with E-state index in [4.69, 9.17) is 0 Å². The highest BCUT2D eigenvalue weighted by Crippen LogP contribution is 2.36. The van der Waals surface area contributed by atoms with Crippen molar-refractivity contribution in [3.8, 4) is 0 Å².